The van der Waals surface area contributed by atoms with Crippen LogP contribution in [0.15, 0.2) is 36.7 Å². The number of nitrogens with one attached hydrogen (secondary N) is 2. The maximum Gasteiger partial charge on any atom is 0.315 e. The van der Waals surface area contributed by atoms with Crippen LogP contribution in [0.2, 0.25) is 0 Å². The van der Waals surface area contributed by atoms with E-state index >= 15 is 0 Å². The van der Waals surface area contributed by atoms with Gasteiger partial charge in [-0.25, -0.2) is 4.79 Å². The van der Waals surface area contributed by atoms with E-state index in [-0.39, 0.29) is 24.2 Å². The van der Waals surface area contributed by atoms with E-state index in [0.29, 0.717) is 18.6 Å². The van der Waals surface area contributed by atoms with Crippen LogP contribution in [-0.4, -0.2) is 41.6 Å². The summed E-state index contributed by atoms with van der Waals surface area (Å²) in [6, 6.07) is 8.54. The van der Waals surface area contributed by atoms with Crippen LogP contribution in [0.25, 0.3) is 0 Å². The summed E-state index contributed by atoms with van der Waals surface area (Å²) in [7, 11) is 1.68. The minimum Gasteiger partial charge on any atom is -0.497 e. The Kier molecular flexibility index (Phi) is 5.76. The first-order valence-electron chi connectivity index (χ1n) is 10.4. The number of carbonyl (C=O) groups is 1. The highest BCUT2D eigenvalue weighted by Crippen LogP contribution is 2.38. The first-order chi connectivity index (χ1) is 14.0. The number of hydrogen-bond acceptors (Lipinski definition) is 4. The number of ether oxygens (including phenoxy) is 2. The van der Waals surface area contributed by atoms with Crippen molar-refractivity contribution in [2.75, 3.05) is 13.7 Å². The van der Waals surface area contributed by atoms with Crippen LogP contribution in [0, 0.1) is 0 Å². The van der Waals surface area contributed by atoms with E-state index in [9.17, 15) is 4.79 Å². The van der Waals surface area contributed by atoms with Crippen molar-refractivity contribution in [3.05, 3.63) is 47.8 Å². The highest BCUT2D eigenvalue weighted by Gasteiger charge is 2.35. The summed E-state index contributed by atoms with van der Waals surface area (Å²) in [5.41, 5.74) is 2.29. The van der Waals surface area contributed by atoms with Crippen molar-refractivity contribution in [1.82, 2.24) is 20.4 Å². The summed E-state index contributed by atoms with van der Waals surface area (Å²) in [5, 5.41) is 10.6. The SMILES string of the molecule is COc1cccc(C2CC(NC(=O)N[C@@H]3CCO[C@H]3c3cnn(C(C)C)c3)C2)c1. The molecule has 0 spiro atoms. The van der Waals surface area contributed by atoms with Gasteiger partial charge in [-0.05, 0) is 56.7 Å². The molecule has 0 radical (unpaired) electrons. The van der Waals surface area contributed by atoms with E-state index in [1.54, 1.807) is 7.11 Å². The van der Waals surface area contributed by atoms with Gasteiger partial charge >= 0.3 is 6.03 Å². The number of nitrogens with zero attached hydrogens (tertiary/aromatic N) is 2. The molecular formula is C22H30N4O3. The van der Waals surface area contributed by atoms with Gasteiger partial charge in [0.15, 0.2) is 0 Å². The molecule has 0 unspecified atom stereocenters. The summed E-state index contributed by atoms with van der Waals surface area (Å²) in [6.45, 7) is 4.82. The van der Waals surface area contributed by atoms with Crippen LogP contribution in [-0.2, 0) is 4.74 Å². The average Bonchev–Trinajstić information content (AvgIpc) is 3.33. The molecule has 2 amide bonds. The maximum absolute atomic E-state index is 12.5. The Balaban J connectivity index is 1.27. The number of carbonyl (C=O) groups excluding carboxylic acids is 1. The van der Waals surface area contributed by atoms with E-state index in [0.717, 1.165) is 30.6 Å². The zero-order chi connectivity index (χ0) is 20.4. The van der Waals surface area contributed by atoms with Gasteiger partial charge in [-0.1, -0.05) is 12.1 Å². The molecular weight excluding hydrogens is 368 g/mol. The molecule has 1 aliphatic carbocycles. The standard InChI is InChI=1S/C22H30N4O3/c1-14(2)26-13-17(12-23-26)21-20(7-8-29-21)25-22(27)24-18-9-16(10-18)15-5-4-6-19(11-15)28-3/h4-6,11-14,16,18,20-21H,7-10H2,1-3H3,(H2,24,25,27)/t16?,18?,20-,21+/m1/s1. The molecule has 2 heterocycles. The monoisotopic (exact) mass is 398 g/mol. The summed E-state index contributed by atoms with van der Waals surface area (Å²) in [5.74, 6) is 1.35. The summed E-state index contributed by atoms with van der Waals surface area (Å²) < 4.78 is 13.1. The van der Waals surface area contributed by atoms with E-state index < -0.39 is 0 Å². The van der Waals surface area contributed by atoms with Crippen molar-refractivity contribution < 1.29 is 14.3 Å². The third kappa shape index (κ3) is 4.40. The van der Waals surface area contributed by atoms with Crippen molar-refractivity contribution in [2.45, 2.75) is 63.3 Å². The number of hydrogen-bond donors (Lipinski definition) is 2. The van der Waals surface area contributed by atoms with E-state index in [1.807, 2.05) is 29.2 Å². The molecule has 7 heteroatoms. The lowest BCUT2D eigenvalue weighted by atomic mass is 9.76. The molecule has 7 nitrogen and oxygen atoms in total. The molecule has 1 aliphatic heterocycles. The quantitative estimate of drug-likeness (QED) is 0.780. The highest BCUT2D eigenvalue weighted by molar-refractivity contribution is 5.75. The van der Waals surface area contributed by atoms with Crippen LogP contribution in [0.4, 0.5) is 4.79 Å². The number of rotatable bonds is 6. The lowest BCUT2D eigenvalue weighted by Crippen LogP contribution is -2.50. The molecule has 1 saturated heterocycles. The highest BCUT2D eigenvalue weighted by atomic mass is 16.5. The molecule has 4 rings (SSSR count). The van der Waals surface area contributed by atoms with Crippen LogP contribution >= 0.6 is 0 Å². The van der Waals surface area contributed by atoms with Gasteiger partial charge in [-0.15, -0.1) is 0 Å². The molecule has 2 aromatic rings. The predicted octanol–water partition coefficient (Wildman–Crippen LogP) is 3.55. The van der Waals surface area contributed by atoms with E-state index in [1.165, 1.54) is 5.56 Å². The summed E-state index contributed by atoms with van der Waals surface area (Å²) in [4.78, 5) is 12.5. The fourth-order valence-corrected chi connectivity index (χ4v) is 4.15. The molecule has 156 valence electrons. The Hall–Kier alpha value is -2.54. The van der Waals surface area contributed by atoms with Crippen molar-refractivity contribution >= 4 is 6.03 Å². The predicted molar refractivity (Wildman–Crippen MR) is 110 cm³/mol. The fraction of sp³-hybridized carbons (Fsp3) is 0.545. The van der Waals surface area contributed by atoms with Crippen molar-refractivity contribution in [1.29, 1.82) is 0 Å². The van der Waals surface area contributed by atoms with Crippen molar-refractivity contribution in [3.63, 3.8) is 0 Å². The number of methoxy groups -OCH3 is 1. The van der Waals surface area contributed by atoms with Crippen molar-refractivity contribution in [3.8, 4) is 5.75 Å². The summed E-state index contributed by atoms with van der Waals surface area (Å²) in [6.07, 6.45) is 6.42. The Morgan fingerprint density at radius 2 is 2.10 bits per heavy atom. The van der Waals surface area contributed by atoms with E-state index in [2.05, 4.69) is 41.7 Å². The Labute approximate surface area is 171 Å². The molecule has 0 bridgehead atoms. The number of aromatic nitrogens is 2. The van der Waals surface area contributed by atoms with Gasteiger partial charge in [0, 0.05) is 30.5 Å². The number of urea groups is 1. The zero-order valence-electron chi connectivity index (χ0n) is 17.3. The molecule has 29 heavy (non-hydrogen) atoms. The van der Waals surface area contributed by atoms with Crippen LogP contribution < -0.4 is 15.4 Å². The second-order valence-corrected chi connectivity index (χ2v) is 8.29. The number of amides is 2. The van der Waals surface area contributed by atoms with Crippen molar-refractivity contribution in [2.24, 2.45) is 0 Å². The average molecular weight is 399 g/mol. The maximum atomic E-state index is 12.5. The first-order valence-corrected chi connectivity index (χ1v) is 10.4. The zero-order valence-corrected chi connectivity index (χ0v) is 17.3. The lowest BCUT2D eigenvalue weighted by molar-refractivity contribution is 0.0994. The molecule has 2 aliphatic rings. The summed E-state index contributed by atoms with van der Waals surface area (Å²) >= 11 is 0. The van der Waals surface area contributed by atoms with Gasteiger partial charge in [0.05, 0.1) is 19.3 Å². The minimum atomic E-state index is -0.140. The largest absolute Gasteiger partial charge is 0.497 e. The Morgan fingerprint density at radius 1 is 1.28 bits per heavy atom. The minimum absolute atomic E-state index is 0.0333. The third-order valence-electron chi connectivity index (χ3n) is 5.93. The van der Waals surface area contributed by atoms with Gasteiger partial charge in [-0.2, -0.15) is 5.10 Å². The van der Waals surface area contributed by atoms with Gasteiger partial charge in [0.2, 0.25) is 0 Å². The Morgan fingerprint density at radius 3 is 2.83 bits per heavy atom. The molecule has 1 saturated carbocycles. The smallest absolute Gasteiger partial charge is 0.315 e. The second kappa shape index (κ2) is 8.45. The Bertz CT molecular complexity index is 844. The van der Waals surface area contributed by atoms with E-state index in [4.69, 9.17) is 9.47 Å². The molecule has 1 aromatic carbocycles. The van der Waals surface area contributed by atoms with Gasteiger partial charge in [0.25, 0.3) is 0 Å². The van der Waals surface area contributed by atoms with Gasteiger partial charge < -0.3 is 20.1 Å². The van der Waals surface area contributed by atoms with Crippen LogP contribution in [0.3, 0.4) is 0 Å². The number of benzene rings is 1. The normalized spacial score (nSPS) is 26.2. The van der Waals surface area contributed by atoms with Crippen LogP contribution in [0.1, 0.15) is 62.3 Å². The second-order valence-electron chi connectivity index (χ2n) is 8.29. The molecule has 1 aromatic heterocycles. The lowest BCUT2D eigenvalue weighted by Gasteiger charge is -2.36. The molecule has 2 N–H and O–H groups in total. The first kappa shape index (κ1) is 19.8. The fourth-order valence-electron chi connectivity index (χ4n) is 4.15. The molecule has 2 fully saturated rings. The van der Waals surface area contributed by atoms with Gasteiger partial charge in [-0.3, -0.25) is 4.68 Å². The topological polar surface area (TPSA) is 77.4 Å². The van der Waals surface area contributed by atoms with Crippen LogP contribution in [0.5, 0.6) is 5.75 Å². The third-order valence-corrected chi connectivity index (χ3v) is 5.93. The van der Waals surface area contributed by atoms with Gasteiger partial charge in [0.1, 0.15) is 11.9 Å². The molecule has 2 atom stereocenters.